The van der Waals surface area contributed by atoms with Crippen LogP contribution >= 0.6 is 0 Å². The number of aliphatic hydroxyl groups is 1. The molecule has 5 nitrogen and oxygen atoms in total. The molecule has 1 amide bonds. The van der Waals surface area contributed by atoms with E-state index in [1.54, 1.807) is 17.0 Å². The van der Waals surface area contributed by atoms with Gasteiger partial charge >= 0.3 is 0 Å². The number of nitrogens with zero attached hydrogens (tertiary/aromatic N) is 1. The van der Waals surface area contributed by atoms with Gasteiger partial charge in [-0.05, 0) is 48.1 Å². The number of carbonyl (C=O) groups is 1. The van der Waals surface area contributed by atoms with E-state index in [1.807, 2.05) is 18.2 Å². The first-order valence-electron chi connectivity index (χ1n) is 9.21. The number of hydrogen-bond acceptors (Lipinski definition) is 4. The highest BCUT2D eigenvalue weighted by atomic mass is 19.1. The smallest absolute Gasteiger partial charge is 0.252 e. The Hall–Kier alpha value is -2.28. The lowest BCUT2D eigenvalue weighted by molar-refractivity contribution is -0.162. The van der Waals surface area contributed by atoms with Crippen LogP contribution in [-0.2, 0) is 16.0 Å². The second kappa shape index (κ2) is 7.03. The third-order valence-corrected chi connectivity index (χ3v) is 5.40. The summed E-state index contributed by atoms with van der Waals surface area (Å²) in [6, 6.07) is 14.0. The second-order valence-electron chi connectivity index (χ2n) is 7.38. The molecule has 2 heterocycles. The number of amides is 1. The molecular formula is C21H23FN2O3. The second-order valence-corrected chi connectivity index (χ2v) is 7.38. The molecule has 0 spiro atoms. The van der Waals surface area contributed by atoms with Crippen molar-refractivity contribution < 1.29 is 19.0 Å². The first-order chi connectivity index (χ1) is 12.9. The molecular weight excluding hydrogens is 347 g/mol. The average Bonchev–Trinajstić information content (AvgIpc) is 2.67. The van der Waals surface area contributed by atoms with Gasteiger partial charge in [0, 0.05) is 6.54 Å². The van der Waals surface area contributed by atoms with Crippen molar-refractivity contribution in [3.8, 4) is 0 Å². The summed E-state index contributed by atoms with van der Waals surface area (Å²) in [5.74, 6) is -0.423. The molecule has 0 unspecified atom stereocenters. The molecule has 0 aliphatic carbocycles. The summed E-state index contributed by atoms with van der Waals surface area (Å²) in [4.78, 5) is 15.0. The summed E-state index contributed by atoms with van der Waals surface area (Å²) >= 11 is 0. The number of fused-ring (bicyclic) bond motifs is 1. The number of rotatable bonds is 2. The molecule has 2 aliphatic rings. The normalized spacial score (nSPS) is 27.9. The first-order valence-corrected chi connectivity index (χ1v) is 9.21. The van der Waals surface area contributed by atoms with E-state index in [4.69, 9.17) is 10.5 Å². The van der Waals surface area contributed by atoms with E-state index < -0.39 is 11.8 Å². The fraction of sp³-hybridized carbons (Fsp3) is 0.381. The highest BCUT2D eigenvalue weighted by Gasteiger charge is 2.39. The number of hydrogen-bond donors (Lipinski definition) is 2. The molecule has 2 aromatic carbocycles. The topological polar surface area (TPSA) is 75.8 Å². The molecule has 1 saturated heterocycles. The molecule has 0 bridgehead atoms. The summed E-state index contributed by atoms with van der Waals surface area (Å²) in [5, 5.41) is 9.86. The van der Waals surface area contributed by atoms with Crippen LogP contribution in [0.5, 0.6) is 0 Å². The van der Waals surface area contributed by atoms with Gasteiger partial charge in [-0.15, -0.1) is 0 Å². The fourth-order valence-corrected chi connectivity index (χ4v) is 3.97. The average molecular weight is 370 g/mol. The Morgan fingerprint density at radius 2 is 1.96 bits per heavy atom. The molecule has 2 aromatic rings. The Morgan fingerprint density at radius 1 is 1.22 bits per heavy atom. The van der Waals surface area contributed by atoms with Gasteiger partial charge in [0.05, 0.1) is 12.6 Å². The SMILES string of the molecule is N[C@@]1(O)CC[C@H](C(=O)N2CCc3ccccc3[C@@H]2c2ccc(F)cc2)OC1. The van der Waals surface area contributed by atoms with Crippen molar-refractivity contribution in [1.29, 1.82) is 0 Å². The van der Waals surface area contributed by atoms with Crippen LogP contribution < -0.4 is 5.73 Å². The predicted octanol–water partition coefficient (Wildman–Crippen LogP) is 2.13. The van der Waals surface area contributed by atoms with E-state index in [0.29, 0.717) is 19.4 Å². The third-order valence-electron chi connectivity index (χ3n) is 5.40. The Labute approximate surface area is 157 Å². The van der Waals surface area contributed by atoms with Crippen molar-refractivity contribution in [2.45, 2.75) is 37.1 Å². The van der Waals surface area contributed by atoms with Gasteiger partial charge in [-0.1, -0.05) is 36.4 Å². The zero-order valence-electron chi connectivity index (χ0n) is 15.0. The zero-order valence-corrected chi connectivity index (χ0v) is 15.0. The Morgan fingerprint density at radius 3 is 2.67 bits per heavy atom. The zero-order chi connectivity index (χ0) is 19.0. The largest absolute Gasteiger partial charge is 0.374 e. The first kappa shape index (κ1) is 18.1. The number of benzene rings is 2. The Bertz CT molecular complexity index is 828. The molecule has 27 heavy (non-hydrogen) atoms. The minimum Gasteiger partial charge on any atom is -0.374 e. The van der Waals surface area contributed by atoms with Gasteiger partial charge in [0.2, 0.25) is 0 Å². The summed E-state index contributed by atoms with van der Waals surface area (Å²) < 4.78 is 19.0. The van der Waals surface area contributed by atoms with Gasteiger partial charge < -0.3 is 20.5 Å². The minimum atomic E-state index is -1.37. The lowest BCUT2D eigenvalue weighted by Crippen LogP contribution is -2.54. The van der Waals surface area contributed by atoms with Crippen LogP contribution in [0.25, 0.3) is 0 Å². The Balaban J connectivity index is 1.66. The summed E-state index contributed by atoms with van der Waals surface area (Å²) in [6.07, 6.45) is 0.824. The third kappa shape index (κ3) is 3.60. The lowest BCUT2D eigenvalue weighted by atomic mass is 9.87. The molecule has 0 saturated carbocycles. The molecule has 6 heteroatoms. The fourth-order valence-electron chi connectivity index (χ4n) is 3.97. The monoisotopic (exact) mass is 370 g/mol. The molecule has 3 N–H and O–H groups in total. The van der Waals surface area contributed by atoms with Gasteiger partial charge in [-0.3, -0.25) is 4.79 Å². The highest BCUT2D eigenvalue weighted by molar-refractivity contribution is 5.82. The van der Waals surface area contributed by atoms with Crippen LogP contribution in [0.2, 0.25) is 0 Å². The van der Waals surface area contributed by atoms with E-state index in [2.05, 4.69) is 6.07 Å². The number of halogens is 1. The Kier molecular flexibility index (Phi) is 4.72. The van der Waals surface area contributed by atoms with Crippen molar-refractivity contribution in [2.75, 3.05) is 13.2 Å². The molecule has 142 valence electrons. The van der Waals surface area contributed by atoms with Crippen LogP contribution in [-0.4, -0.2) is 40.9 Å². The molecule has 3 atom stereocenters. The van der Waals surface area contributed by atoms with Crippen molar-refractivity contribution in [3.63, 3.8) is 0 Å². The van der Waals surface area contributed by atoms with Gasteiger partial charge in [0.25, 0.3) is 5.91 Å². The highest BCUT2D eigenvalue weighted by Crippen LogP contribution is 2.36. The maximum Gasteiger partial charge on any atom is 0.252 e. The van der Waals surface area contributed by atoms with Gasteiger partial charge in [0.1, 0.15) is 17.6 Å². The quantitative estimate of drug-likeness (QED) is 0.794. The van der Waals surface area contributed by atoms with Crippen LogP contribution in [0, 0.1) is 5.82 Å². The summed E-state index contributed by atoms with van der Waals surface area (Å²) in [5.41, 5.74) is 7.42. The van der Waals surface area contributed by atoms with Crippen LogP contribution in [0.15, 0.2) is 48.5 Å². The standard InChI is InChI=1S/C21H23FN2O3/c22-16-7-5-15(6-8-16)19-17-4-2-1-3-14(17)10-12-24(19)20(25)18-9-11-21(23,26)13-27-18/h1-8,18-19,26H,9-13,23H2/t18-,19+,21-/m1/s1. The van der Waals surface area contributed by atoms with Crippen LogP contribution in [0.1, 0.15) is 35.6 Å². The maximum atomic E-state index is 13.4. The number of nitrogens with two attached hydrogens (primary N) is 1. The van der Waals surface area contributed by atoms with Gasteiger partial charge in [-0.25, -0.2) is 4.39 Å². The maximum absolute atomic E-state index is 13.4. The van der Waals surface area contributed by atoms with E-state index >= 15 is 0 Å². The van der Waals surface area contributed by atoms with Crippen molar-refractivity contribution in [1.82, 2.24) is 4.90 Å². The van der Waals surface area contributed by atoms with E-state index in [-0.39, 0.29) is 24.4 Å². The van der Waals surface area contributed by atoms with Gasteiger partial charge in [-0.2, -0.15) is 0 Å². The predicted molar refractivity (Wildman–Crippen MR) is 98.2 cm³/mol. The van der Waals surface area contributed by atoms with Crippen molar-refractivity contribution >= 4 is 5.91 Å². The van der Waals surface area contributed by atoms with E-state index in [9.17, 15) is 14.3 Å². The molecule has 2 aliphatic heterocycles. The molecule has 0 aromatic heterocycles. The van der Waals surface area contributed by atoms with E-state index in [1.165, 1.54) is 17.7 Å². The lowest BCUT2D eigenvalue weighted by Gasteiger charge is -2.41. The van der Waals surface area contributed by atoms with E-state index in [0.717, 1.165) is 17.5 Å². The molecule has 0 radical (unpaired) electrons. The number of carbonyl (C=O) groups excluding carboxylic acids is 1. The van der Waals surface area contributed by atoms with Crippen molar-refractivity contribution in [3.05, 3.63) is 71.0 Å². The van der Waals surface area contributed by atoms with Crippen LogP contribution in [0.4, 0.5) is 4.39 Å². The van der Waals surface area contributed by atoms with Crippen LogP contribution in [0.3, 0.4) is 0 Å². The minimum absolute atomic E-state index is 0.0605. The molecule has 1 fully saturated rings. The van der Waals surface area contributed by atoms with Crippen molar-refractivity contribution in [2.24, 2.45) is 5.73 Å². The summed E-state index contributed by atoms with van der Waals surface area (Å²) in [7, 11) is 0. The van der Waals surface area contributed by atoms with Gasteiger partial charge in [0.15, 0.2) is 0 Å². The summed E-state index contributed by atoms with van der Waals surface area (Å²) in [6.45, 7) is 0.500. The number of ether oxygens (including phenoxy) is 1. The molecule has 4 rings (SSSR count).